The molecule has 0 bridgehead atoms. The van der Waals surface area contributed by atoms with Crippen LogP contribution >= 0.6 is 15.9 Å². The van der Waals surface area contributed by atoms with Crippen LogP contribution in [0, 0.1) is 5.82 Å². The number of rotatable bonds is 5. The minimum atomic E-state index is -0.557. The van der Waals surface area contributed by atoms with Crippen molar-refractivity contribution in [3.05, 3.63) is 93.5 Å². The van der Waals surface area contributed by atoms with E-state index in [0.29, 0.717) is 15.8 Å². The van der Waals surface area contributed by atoms with Gasteiger partial charge in [-0.05, 0) is 41.5 Å². The first kappa shape index (κ1) is 19.8. The van der Waals surface area contributed by atoms with E-state index in [1.54, 1.807) is 24.3 Å². The largest absolute Gasteiger partial charge is 0.484 e. The number of carbonyl (C=O) groups is 1. The Bertz CT molecular complexity index is 1290. The van der Waals surface area contributed by atoms with Gasteiger partial charge < -0.3 is 14.5 Å². The maximum atomic E-state index is 13.8. The van der Waals surface area contributed by atoms with Crippen molar-refractivity contribution in [2.24, 2.45) is 0 Å². The molecule has 4 rings (SSSR count). The van der Waals surface area contributed by atoms with Crippen LogP contribution in [-0.4, -0.2) is 12.5 Å². The third-order valence-corrected chi connectivity index (χ3v) is 4.87. The first-order valence-electron chi connectivity index (χ1n) is 9.00. The highest BCUT2D eigenvalue weighted by molar-refractivity contribution is 9.10. The highest BCUT2D eigenvalue weighted by Crippen LogP contribution is 2.29. The molecule has 4 aromatic rings. The molecule has 0 unspecified atom stereocenters. The van der Waals surface area contributed by atoms with E-state index in [2.05, 4.69) is 21.2 Å². The number of anilines is 1. The number of fused-ring (bicyclic) bond motifs is 1. The van der Waals surface area contributed by atoms with Crippen LogP contribution in [0.2, 0.25) is 0 Å². The maximum Gasteiger partial charge on any atom is 0.336 e. The van der Waals surface area contributed by atoms with E-state index in [1.807, 2.05) is 30.3 Å². The molecular formula is C23H15BrFNO4. The molecule has 0 aliphatic rings. The SMILES string of the molecule is O=C(COc1ccc2c(-c3ccccc3)cc(=O)oc2c1)Nc1ccc(Br)cc1F. The average molecular weight is 468 g/mol. The number of hydrogen-bond acceptors (Lipinski definition) is 4. The van der Waals surface area contributed by atoms with Crippen LogP contribution in [-0.2, 0) is 4.79 Å². The van der Waals surface area contributed by atoms with Crippen molar-refractivity contribution >= 4 is 38.5 Å². The number of amides is 1. The number of hydrogen-bond donors (Lipinski definition) is 1. The summed E-state index contributed by atoms with van der Waals surface area (Å²) >= 11 is 3.16. The van der Waals surface area contributed by atoms with Crippen molar-refractivity contribution in [1.29, 1.82) is 0 Å². The van der Waals surface area contributed by atoms with Gasteiger partial charge in [-0.2, -0.15) is 0 Å². The lowest BCUT2D eigenvalue weighted by atomic mass is 10.0. The standard InChI is InChI=1S/C23H15BrFNO4/c24-15-6-9-20(19(25)10-15)26-22(27)13-29-16-7-8-17-18(14-4-2-1-3-5-14)12-23(28)30-21(17)11-16/h1-12H,13H2,(H,26,27). The Balaban J connectivity index is 1.53. The lowest BCUT2D eigenvalue weighted by Gasteiger charge is -2.10. The number of nitrogens with one attached hydrogen (secondary N) is 1. The third kappa shape index (κ3) is 4.41. The summed E-state index contributed by atoms with van der Waals surface area (Å²) in [6.45, 7) is -0.330. The van der Waals surface area contributed by atoms with Crippen LogP contribution in [0.15, 0.2) is 86.5 Å². The maximum absolute atomic E-state index is 13.8. The third-order valence-electron chi connectivity index (χ3n) is 4.38. The van der Waals surface area contributed by atoms with E-state index < -0.39 is 17.3 Å². The molecule has 0 aliphatic carbocycles. The van der Waals surface area contributed by atoms with Gasteiger partial charge in [0.1, 0.15) is 17.1 Å². The zero-order chi connectivity index (χ0) is 21.1. The van der Waals surface area contributed by atoms with Crippen LogP contribution in [0.3, 0.4) is 0 Å². The number of benzene rings is 3. The summed E-state index contributed by atoms with van der Waals surface area (Å²) in [5.74, 6) is -0.725. The number of ether oxygens (including phenoxy) is 1. The molecule has 0 spiro atoms. The van der Waals surface area contributed by atoms with E-state index in [4.69, 9.17) is 9.15 Å². The molecule has 0 saturated heterocycles. The van der Waals surface area contributed by atoms with Gasteiger partial charge in [-0.3, -0.25) is 4.79 Å². The first-order valence-corrected chi connectivity index (χ1v) is 9.80. The van der Waals surface area contributed by atoms with E-state index in [9.17, 15) is 14.0 Å². The molecule has 0 atom stereocenters. The highest BCUT2D eigenvalue weighted by Gasteiger charge is 2.11. The van der Waals surface area contributed by atoms with Crippen molar-refractivity contribution < 1.29 is 18.3 Å². The molecule has 3 aromatic carbocycles. The van der Waals surface area contributed by atoms with E-state index in [0.717, 1.165) is 16.5 Å². The second-order valence-electron chi connectivity index (χ2n) is 6.46. The molecule has 150 valence electrons. The summed E-state index contributed by atoms with van der Waals surface area (Å²) < 4.78 is 25.2. The molecule has 1 amide bonds. The quantitative estimate of drug-likeness (QED) is 0.400. The molecule has 0 aliphatic heterocycles. The Kier molecular flexibility index (Phi) is 5.63. The molecule has 1 N–H and O–H groups in total. The lowest BCUT2D eigenvalue weighted by Crippen LogP contribution is -2.20. The molecule has 5 nitrogen and oxygen atoms in total. The fourth-order valence-electron chi connectivity index (χ4n) is 3.02. The van der Waals surface area contributed by atoms with Gasteiger partial charge in [-0.25, -0.2) is 9.18 Å². The number of halogens is 2. The molecule has 1 aromatic heterocycles. The van der Waals surface area contributed by atoms with Gasteiger partial charge in [0.15, 0.2) is 6.61 Å². The van der Waals surface area contributed by atoms with Crippen molar-refractivity contribution in [3.8, 4) is 16.9 Å². The minimum absolute atomic E-state index is 0.0591. The summed E-state index contributed by atoms with van der Waals surface area (Å²) in [6.07, 6.45) is 0. The summed E-state index contributed by atoms with van der Waals surface area (Å²) in [5.41, 5.74) is 1.56. The minimum Gasteiger partial charge on any atom is -0.484 e. The predicted molar refractivity (Wildman–Crippen MR) is 116 cm³/mol. The van der Waals surface area contributed by atoms with Gasteiger partial charge in [0.25, 0.3) is 5.91 Å². The zero-order valence-corrected chi connectivity index (χ0v) is 17.1. The van der Waals surface area contributed by atoms with Crippen molar-refractivity contribution in [1.82, 2.24) is 0 Å². The molecule has 0 fully saturated rings. The van der Waals surface area contributed by atoms with Crippen molar-refractivity contribution in [2.75, 3.05) is 11.9 Å². The van der Waals surface area contributed by atoms with Gasteiger partial charge in [-0.15, -0.1) is 0 Å². The second kappa shape index (κ2) is 8.51. The van der Waals surface area contributed by atoms with E-state index in [1.165, 1.54) is 18.2 Å². The van der Waals surface area contributed by atoms with Crippen LogP contribution in [0.5, 0.6) is 5.75 Å². The average Bonchev–Trinajstić information content (AvgIpc) is 2.74. The monoisotopic (exact) mass is 467 g/mol. The van der Waals surface area contributed by atoms with Crippen LogP contribution in [0.1, 0.15) is 0 Å². The molecule has 30 heavy (non-hydrogen) atoms. The molecule has 7 heteroatoms. The zero-order valence-electron chi connectivity index (χ0n) is 15.5. The van der Waals surface area contributed by atoms with Gasteiger partial charge >= 0.3 is 5.63 Å². The fourth-order valence-corrected chi connectivity index (χ4v) is 3.35. The Hall–Kier alpha value is -3.45. The first-order chi connectivity index (χ1) is 14.5. The topological polar surface area (TPSA) is 68.5 Å². The highest BCUT2D eigenvalue weighted by atomic mass is 79.9. The Morgan fingerprint density at radius 2 is 1.83 bits per heavy atom. The lowest BCUT2D eigenvalue weighted by molar-refractivity contribution is -0.118. The van der Waals surface area contributed by atoms with Gasteiger partial charge in [0.05, 0.1) is 5.69 Å². The van der Waals surface area contributed by atoms with Crippen LogP contribution < -0.4 is 15.7 Å². The van der Waals surface area contributed by atoms with Gasteiger partial charge in [0.2, 0.25) is 0 Å². The van der Waals surface area contributed by atoms with E-state index >= 15 is 0 Å². The Labute approximate surface area is 179 Å². The fraction of sp³-hybridized carbons (Fsp3) is 0.0435. The smallest absolute Gasteiger partial charge is 0.336 e. The summed E-state index contributed by atoms with van der Waals surface area (Å²) in [4.78, 5) is 24.1. The van der Waals surface area contributed by atoms with Gasteiger partial charge in [0, 0.05) is 22.0 Å². The summed E-state index contributed by atoms with van der Waals surface area (Å²) in [7, 11) is 0. The van der Waals surface area contributed by atoms with Crippen LogP contribution in [0.25, 0.3) is 22.1 Å². The second-order valence-corrected chi connectivity index (χ2v) is 7.38. The van der Waals surface area contributed by atoms with Crippen molar-refractivity contribution in [2.45, 2.75) is 0 Å². The predicted octanol–water partition coefficient (Wildman–Crippen LogP) is 5.38. The Morgan fingerprint density at radius 3 is 2.60 bits per heavy atom. The molecule has 1 heterocycles. The van der Waals surface area contributed by atoms with Crippen LogP contribution in [0.4, 0.5) is 10.1 Å². The van der Waals surface area contributed by atoms with Gasteiger partial charge in [-0.1, -0.05) is 46.3 Å². The molecule has 0 radical (unpaired) electrons. The molecule has 0 saturated carbocycles. The summed E-state index contributed by atoms with van der Waals surface area (Å²) in [6, 6.07) is 20.3. The number of carbonyl (C=O) groups excluding carboxylic acids is 1. The normalized spacial score (nSPS) is 10.7. The summed E-state index contributed by atoms with van der Waals surface area (Å²) in [5, 5.41) is 3.20. The van der Waals surface area contributed by atoms with E-state index in [-0.39, 0.29) is 12.3 Å². The molecular weight excluding hydrogens is 453 g/mol. The Morgan fingerprint density at radius 1 is 1.03 bits per heavy atom. The van der Waals surface area contributed by atoms with Crippen molar-refractivity contribution in [3.63, 3.8) is 0 Å².